The average molecular weight is 277 g/mol. The van der Waals surface area contributed by atoms with E-state index in [-0.39, 0.29) is 11.5 Å². The van der Waals surface area contributed by atoms with Crippen molar-refractivity contribution < 1.29 is 13.2 Å². The summed E-state index contributed by atoms with van der Waals surface area (Å²) in [5.74, 6) is 0. The Bertz CT molecular complexity index is 420. The number of hydrogen-bond acceptors (Lipinski definition) is 3. The number of rotatable bonds is 5. The zero-order valence-corrected chi connectivity index (χ0v) is 10.7. The van der Waals surface area contributed by atoms with Crippen molar-refractivity contribution in [1.82, 2.24) is 4.98 Å². The third-order valence-electron chi connectivity index (χ3n) is 2.27. The maximum Gasteiger partial charge on any atom is 0.405 e. The van der Waals surface area contributed by atoms with E-state index in [0.29, 0.717) is 17.7 Å². The first kappa shape index (κ1) is 14.7. The van der Waals surface area contributed by atoms with Crippen LogP contribution < -0.4 is 10.6 Å². The van der Waals surface area contributed by atoms with Gasteiger partial charge in [-0.3, -0.25) is 4.98 Å². The molecule has 7 heteroatoms. The molecule has 0 aliphatic carbocycles. The number of hydrogen-bond donors (Lipinski definition) is 1. The smallest absolute Gasteiger partial charge is 0.389 e. The number of thiocarbonyl (C=S) groups is 1. The van der Waals surface area contributed by atoms with E-state index in [1.807, 2.05) is 0 Å². The van der Waals surface area contributed by atoms with Crippen LogP contribution in [0.15, 0.2) is 18.5 Å². The Kier molecular flexibility index (Phi) is 4.89. The monoisotopic (exact) mass is 277 g/mol. The highest BCUT2D eigenvalue weighted by Crippen LogP contribution is 2.24. The highest BCUT2D eigenvalue weighted by molar-refractivity contribution is 7.80. The molecule has 2 N–H and O–H groups in total. The maximum atomic E-state index is 12.5. The zero-order valence-electron chi connectivity index (χ0n) is 9.87. The van der Waals surface area contributed by atoms with Crippen LogP contribution in [0.2, 0.25) is 0 Å². The lowest BCUT2D eigenvalue weighted by Crippen LogP contribution is -2.36. The minimum atomic E-state index is -4.28. The van der Waals surface area contributed by atoms with Gasteiger partial charge in [0.05, 0.1) is 11.9 Å². The first-order chi connectivity index (χ1) is 8.35. The van der Waals surface area contributed by atoms with Gasteiger partial charge >= 0.3 is 6.18 Å². The second-order valence-corrected chi connectivity index (χ2v) is 4.23. The van der Waals surface area contributed by atoms with Gasteiger partial charge in [0.1, 0.15) is 11.5 Å². The number of nitrogens with two attached hydrogens (primary N) is 1. The largest absolute Gasteiger partial charge is 0.405 e. The van der Waals surface area contributed by atoms with Crippen LogP contribution in [0, 0.1) is 0 Å². The molecule has 0 unspecified atom stereocenters. The van der Waals surface area contributed by atoms with E-state index in [9.17, 15) is 13.2 Å². The summed E-state index contributed by atoms with van der Waals surface area (Å²) in [4.78, 5) is 5.10. The molecule has 0 fully saturated rings. The number of aromatic nitrogens is 1. The summed E-state index contributed by atoms with van der Waals surface area (Å²) >= 11 is 4.84. The van der Waals surface area contributed by atoms with Gasteiger partial charge in [-0.25, -0.2) is 0 Å². The standard InChI is InChI=1S/C11H14F3N3S/c1-2-5-17(7-11(12,13)14)9-6-16-4-3-8(9)10(15)18/h3-4,6H,2,5,7H2,1H3,(H2,15,18). The van der Waals surface area contributed by atoms with Gasteiger partial charge in [-0.1, -0.05) is 19.1 Å². The lowest BCUT2D eigenvalue weighted by atomic mass is 10.2. The normalized spacial score (nSPS) is 11.3. The fourth-order valence-corrected chi connectivity index (χ4v) is 1.79. The van der Waals surface area contributed by atoms with Crippen molar-refractivity contribution in [3.8, 4) is 0 Å². The molecule has 0 saturated carbocycles. The molecule has 100 valence electrons. The number of pyridine rings is 1. The van der Waals surface area contributed by atoms with E-state index < -0.39 is 12.7 Å². The van der Waals surface area contributed by atoms with E-state index in [2.05, 4.69) is 4.98 Å². The van der Waals surface area contributed by atoms with Gasteiger partial charge in [0.2, 0.25) is 0 Å². The molecule has 0 bridgehead atoms. The summed E-state index contributed by atoms with van der Waals surface area (Å²) in [6.45, 7) is 1.03. The Morgan fingerprint density at radius 3 is 2.67 bits per heavy atom. The number of anilines is 1. The third-order valence-corrected chi connectivity index (χ3v) is 2.49. The Labute approximate surface area is 109 Å². The predicted molar refractivity (Wildman–Crippen MR) is 68.7 cm³/mol. The van der Waals surface area contributed by atoms with Crippen molar-refractivity contribution in [2.45, 2.75) is 19.5 Å². The lowest BCUT2D eigenvalue weighted by molar-refractivity contribution is -0.119. The molecule has 0 amide bonds. The summed E-state index contributed by atoms with van der Waals surface area (Å²) in [6.07, 6.45) is -0.883. The van der Waals surface area contributed by atoms with Crippen molar-refractivity contribution in [3.05, 3.63) is 24.0 Å². The van der Waals surface area contributed by atoms with Gasteiger partial charge in [0, 0.05) is 18.3 Å². The Morgan fingerprint density at radius 1 is 1.50 bits per heavy atom. The summed E-state index contributed by atoms with van der Waals surface area (Å²) in [5.41, 5.74) is 6.25. The van der Waals surface area contributed by atoms with Crippen molar-refractivity contribution in [2.24, 2.45) is 5.73 Å². The molecule has 1 aromatic heterocycles. The summed E-state index contributed by atoms with van der Waals surface area (Å²) in [7, 11) is 0. The van der Waals surface area contributed by atoms with Crippen LogP contribution >= 0.6 is 12.2 Å². The summed E-state index contributed by atoms with van der Waals surface area (Å²) in [5, 5.41) is 0. The average Bonchev–Trinajstić information content (AvgIpc) is 2.26. The lowest BCUT2D eigenvalue weighted by Gasteiger charge is -2.26. The van der Waals surface area contributed by atoms with Crippen LogP contribution in [0.4, 0.5) is 18.9 Å². The Morgan fingerprint density at radius 2 is 2.17 bits per heavy atom. The molecule has 3 nitrogen and oxygen atoms in total. The second-order valence-electron chi connectivity index (χ2n) is 3.79. The molecule has 0 radical (unpaired) electrons. The fourth-order valence-electron chi connectivity index (χ4n) is 1.62. The van der Waals surface area contributed by atoms with Gasteiger partial charge < -0.3 is 10.6 Å². The van der Waals surface area contributed by atoms with Crippen molar-refractivity contribution in [3.63, 3.8) is 0 Å². The minimum absolute atomic E-state index is 0.0654. The van der Waals surface area contributed by atoms with E-state index >= 15 is 0 Å². The molecule has 0 aliphatic heterocycles. The van der Waals surface area contributed by atoms with Gasteiger partial charge in [0.15, 0.2) is 0 Å². The summed E-state index contributed by atoms with van der Waals surface area (Å²) < 4.78 is 37.6. The molecule has 1 aromatic rings. The maximum absolute atomic E-state index is 12.5. The zero-order chi connectivity index (χ0) is 13.8. The topological polar surface area (TPSA) is 42.2 Å². The van der Waals surface area contributed by atoms with Crippen LogP contribution in [0.1, 0.15) is 18.9 Å². The molecular weight excluding hydrogens is 263 g/mol. The van der Waals surface area contributed by atoms with Crippen LogP contribution in [-0.4, -0.2) is 29.2 Å². The number of alkyl halides is 3. The van der Waals surface area contributed by atoms with Crippen LogP contribution in [-0.2, 0) is 0 Å². The van der Waals surface area contributed by atoms with Crippen LogP contribution in [0.25, 0.3) is 0 Å². The van der Waals surface area contributed by atoms with Gasteiger partial charge in [0.25, 0.3) is 0 Å². The minimum Gasteiger partial charge on any atom is -0.389 e. The predicted octanol–water partition coefficient (Wildman–Crippen LogP) is 2.49. The fraction of sp³-hybridized carbons (Fsp3) is 0.455. The molecule has 0 spiro atoms. The molecular formula is C11H14F3N3S. The quantitative estimate of drug-likeness (QED) is 0.840. The summed E-state index contributed by atoms with van der Waals surface area (Å²) in [6, 6.07) is 1.52. The molecule has 0 aliphatic rings. The van der Waals surface area contributed by atoms with Crippen molar-refractivity contribution in [2.75, 3.05) is 18.0 Å². The molecule has 1 heterocycles. The van der Waals surface area contributed by atoms with Crippen LogP contribution in [0.5, 0.6) is 0 Å². The molecule has 1 rings (SSSR count). The molecule has 0 aromatic carbocycles. The number of nitrogens with zero attached hydrogens (tertiary/aromatic N) is 2. The van der Waals surface area contributed by atoms with E-state index in [4.69, 9.17) is 18.0 Å². The van der Waals surface area contributed by atoms with Crippen LogP contribution in [0.3, 0.4) is 0 Å². The first-order valence-electron chi connectivity index (χ1n) is 5.40. The highest BCUT2D eigenvalue weighted by atomic mass is 32.1. The highest BCUT2D eigenvalue weighted by Gasteiger charge is 2.31. The van der Waals surface area contributed by atoms with Gasteiger partial charge in [-0.15, -0.1) is 0 Å². The first-order valence-corrected chi connectivity index (χ1v) is 5.81. The van der Waals surface area contributed by atoms with E-state index in [0.717, 1.165) is 0 Å². The molecule has 0 saturated heterocycles. The SMILES string of the molecule is CCCN(CC(F)(F)F)c1cnccc1C(N)=S. The Balaban J connectivity index is 3.09. The van der Waals surface area contributed by atoms with Gasteiger partial charge in [-0.05, 0) is 12.5 Å². The van der Waals surface area contributed by atoms with E-state index in [1.165, 1.54) is 23.4 Å². The van der Waals surface area contributed by atoms with Crippen molar-refractivity contribution in [1.29, 1.82) is 0 Å². The third kappa shape index (κ3) is 4.14. The molecule has 18 heavy (non-hydrogen) atoms. The van der Waals surface area contributed by atoms with Crippen molar-refractivity contribution >= 4 is 22.9 Å². The number of halogens is 3. The second kappa shape index (κ2) is 5.99. The van der Waals surface area contributed by atoms with E-state index in [1.54, 1.807) is 6.92 Å². The molecule has 0 atom stereocenters. The Hall–Kier alpha value is -1.37. The van der Waals surface area contributed by atoms with Gasteiger partial charge in [-0.2, -0.15) is 13.2 Å².